The Labute approximate surface area is 124 Å². The molecule has 0 atom stereocenters. The van der Waals surface area contributed by atoms with Crippen LogP contribution in [0.2, 0.25) is 0 Å². The van der Waals surface area contributed by atoms with Gasteiger partial charge in [0.2, 0.25) is 0 Å². The van der Waals surface area contributed by atoms with Crippen LogP contribution in [0.5, 0.6) is 0 Å². The van der Waals surface area contributed by atoms with E-state index in [-0.39, 0.29) is 11.9 Å². The third-order valence-corrected chi connectivity index (χ3v) is 2.15. The molecule has 0 bridgehead atoms. The van der Waals surface area contributed by atoms with Crippen molar-refractivity contribution in [2.75, 3.05) is 19.9 Å². The zero-order chi connectivity index (χ0) is 15.6. The summed E-state index contributed by atoms with van der Waals surface area (Å²) in [5, 5.41) is 0. The molecule has 7 heteroatoms. The van der Waals surface area contributed by atoms with E-state index < -0.39 is 6.49 Å². The lowest BCUT2D eigenvalue weighted by atomic mass is 10.2. The number of ether oxygens (including phenoxy) is 2. The van der Waals surface area contributed by atoms with E-state index in [1.165, 1.54) is 13.3 Å². The normalized spacial score (nSPS) is 18.6. The molecule has 2 fully saturated rings. The van der Waals surface area contributed by atoms with Gasteiger partial charge >= 0.3 is 11.9 Å². The number of carbonyl (C=O) groups excluding carboxylic acids is 2. The van der Waals surface area contributed by atoms with Crippen molar-refractivity contribution < 1.29 is 23.6 Å². The Hall–Kier alpha value is -0.800. The first-order valence-corrected chi connectivity index (χ1v) is 9.98. The van der Waals surface area contributed by atoms with Crippen molar-refractivity contribution in [3.05, 3.63) is 12.3 Å². The smallest absolute Gasteiger partial charge is 0.311 e. The molecule has 0 aliphatic carbocycles. The number of allylic oxidation sites excluding steroid dienone is 1. The first-order valence-electron chi connectivity index (χ1n) is 6.47. The van der Waals surface area contributed by atoms with Crippen LogP contribution in [-0.4, -0.2) is 31.9 Å². The molecule has 0 aromatic carbocycles. The maximum Gasteiger partial charge on any atom is 0.311 e. The number of hydrogen-bond donors (Lipinski definition) is 0. The maximum absolute atomic E-state index is 10.5. The van der Waals surface area contributed by atoms with E-state index in [0.717, 1.165) is 19.3 Å². The molecular weight excluding hydrogens is 303 g/mol. The first kappa shape index (κ1) is 19.2. The van der Waals surface area contributed by atoms with E-state index >= 15 is 0 Å². The molecule has 2 aliphatic heterocycles. The quantitative estimate of drug-likeness (QED) is 0.502. The highest BCUT2D eigenvalue weighted by molar-refractivity contribution is 7.88. The van der Waals surface area contributed by atoms with Crippen LogP contribution in [0, 0.1) is 0 Å². The molecule has 2 aliphatic rings. The summed E-state index contributed by atoms with van der Waals surface area (Å²) in [4.78, 5) is 20.6. The second-order valence-electron chi connectivity index (χ2n) is 4.76. The Morgan fingerprint density at radius 1 is 1.05 bits per heavy atom. The van der Waals surface area contributed by atoms with Gasteiger partial charge in [-0.3, -0.25) is 9.59 Å². The number of carbonyl (C=O) groups is 2. The molecule has 0 unspecified atom stereocenters. The van der Waals surface area contributed by atoms with E-state index in [2.05, 4.69) is 11.3 Å². The van der Waals surface area contributed by atoms with Gasteiger partial charge in [-0.1, -0.05) is 17.8 Å². The van der Waals surface area contributed by atoms with Crippen molar-refractivity contribution in [2.24, 2.45) is 0 Å². The van der Waals surface area contributed by atoms with Crippen LogP contribution in [0.1, 0.15) is 38.5 Å². The minimum Gasteiger partial charge on any atom is -0.466 e. The third kappa shape index (κ3) is 15.3. The van der Waals surface area contributed by atoms with E-state index in [1.54, 1.807) is 0 Å². The van der Waals surface area contributed by atoms with Gasteiger partial charge < -0.3 is 14.0 Å². The lowest BCUT2D eigenvalue weighted by Crippen LogP contribution is -2.00. The van der Waals surface area contributed by atoms with E-state index in [0.29, 0.717) is 31.6 Å². The molecule has 0 spiro atoms. The molecule has 0 saturated carbocycles. The van der Waals surface area contributed by atoms with Crippen LogP contribution in [-0.2, 0) is 23.6 Å². The van der Waals surface area contributed by atoms with Gasteiger partial charge in [0.1, 0.15) is 5.76 Å². The van der Waals surface area contributed by atoms with Crippen molar-refractivity contribution in [2.45, 2.75) is 38.5 Å². The summed E-state index contributed by atoms with van der Waals surface area (Å²) in [5.41, 5.74) is 0. The van der Waals surface area contributed by atoms with Crippen LogP contribution < -0.4 is 0 Å². The fourth-order valence-corrected chi connectivity index (χ4v) is 1.31. The van der Waals surface area contributed by atoms with Crippen molar-refractivity contribution in [1.82, 2.24) is 0 Å². The van der Waals surface area contributed by atoms with Gasteiger partial charge in [0.25, 0.3) is 0 Å². The highest BCUT2D eigenvalue weighted by Gasteiger charge is 2.13. The maximum atomic E-state index is 10.5. The second kappa shape index (κ2) is 10.0. The molecule has 2 saturated heterocycles. The minimum atomic E-state index is -2.17. The van der Waals surface area contributed by atoms with Gasteiger partial charge in [0.15, 0.2) is 6.49 Å². The van der Waals surface area contributed by atoms with Gasteiger partial charge in [-0.25, -0.2) is 0 Å². The summed E-state index contributed by atoms with van der Waals surface area (Å²) >= 11 is 5.09. The molecule has 2 heterocycles. The van der Waals surface area contributed by atoms with Crippen LogP contribution in [0.3, 0.4) is 0 Å². The molecule has 0 radical (unpaired) electrons. The Bertz CT molecular complexity index is 356. The van der Waals surface area contributed by atoms with Crippen molar-refractivity contribution in [3.63, 3.8) is 0 Å². The van der Waals surface area contributed by atoms with Crippen molar-refractivity contribution in [3.8, 4) is 0 Å². The van der Waals surface area contributed by atoms with Gasteiger partial charge in [-0.2, -0.15) is 0 Å². The first-order chi connectivity index (χ1) is 9.18. The zero-order valence-electron chi connectivity index (χ0n) is 12.0. The number of hydrogen-bond acceptors (Lipinski definition) is 5. The average Bonchev–Trinajstić information content (AvgIpc) is 2.52. The summed E-state index contributed by atoms with van der Waals surface area (Å²) < 4.78 is 19.3. The standard InChI is InChI=1S/C6H10O2.C5H6O2.C2H6ClOP/c7-6-4-2-1-3-5-8-6;1-4-2-3-5(6)7-4;1-5(2,3)4/h1-5H2;1-3H2;1-2H3. The van der Waals surface area contributed by atoms with Crippen LogP contribution in [0.4, 0.5) is 0 Å². The largest absolute Gasteiger partial charge is 0.466 e. The van der Waals surface area contributed by atoms with E-state index in [9.17, 15) is 14.2 Å². The minimum absolute atomic E-state index is 0.0255. The summed E-state index contributed by atoms with van der Waals surface area (Å²) in [6.45, 7) is 4.95. The molecule has 0 amide bonds. The number of esters is 2. The topological polar surface area (TPSA) is 69.7 Å². The summed E-state index contributed by atoms with van der Waals surface area (Å²) in [5.74, 6) is 0.428. The van der Waals surface area contributed by atoms with Crippen LogP contribution >= 0.6 is 17.7 Å². The monoisotopic (exact) mass is 324 g/mol. The van der Waals surface area contributed by atoms with Gasteiger partial charge in [-0.15, -0.1) is 0 Å². The predicted octanol–water partition coefficient (Wildman–Crippen LogP) is 3.70. The Morgan fingerprint density at radius 2 is 1.65 bits per heavy atom. The number of rotatable bonds is 0. The number of cyclic esters (lactones) is 2. The molecule has 0 aromatic heterocycles. The molecule has 5 nitrogen and oxygen atoms in total. The van der Waals surface area contributed by atoms with Gasteiger partial charge in [0.05, 0.1) is 13.0 Å². The fourth-order valence-electron chi connectivity index (χ4n) is 1.31. The number of halogens is 1. The Kier molecular flexibility index (Phi) is 9.60. The molecule has 0 N–H and O–H groups in total. The predicted molar refractivity (Wildman–Crippen MR) is 79.2 cm³/mol. The third-order valence-electron chi connectivity index (χ3n) is 2.15. The van der Waals surface area contributed by atoms with Crippen molar-refractivity contribution >= 4 is 29.7 Å². The fraction of sp³-hybridized carbons (Fsp3) is 0.692. The Morgan fingerprint density at radius 3 is 2.05 bits per heavy atom. The van der Waals surface area contributed by atoms with Crippen LogP contribution in [0.15, 0.2) is 12.3 Å². The van der Waals surface area contributed by atoms with Gasteiger partial charge in [-0.05, 0) is 19.3 Å². The van der Waals surface area contributed by atoms with Crippen molar-refractivity contribution in [1.29, 1.82) is 0 Å². The summed E-state index contributed by atoms with van der Waals surface area (Å²) in [6.07, 6.45) is 5.05. The average molecular weight is 325 g/mol. The molecule has 2 rings (SSSR count). The molecule has 116 valence electrons. The van der Waals surface area contributed by atoms with E-state index in [1.807, 2.05) is 0 Å². The second-order valence-corrected chi connectivity index (χ2v) is 9.64. The molecule has 0 aromatic rings. The SMILES string of the molecule is C=C1CCC(=O)O1.CP(C)(=O)Cl.O=C1CCCCCO1. The van der Waals surface area contributed by atoms with E-state index in [4.69, 9.17) is 16.0 Å². The summed E-state index contributed by atoms with van der Waals surface area (Å²) in [6, 6.07) is 0. The Balaban J connectivity index is 0.000000280. The lowest BCUT2D eigenvalue weighted by Gasteiger charge is -1.93. The molecule has 20 heavy (non-hydrogen) atoms. The van der Waals surface area contributed by atoms with Crippen LogP contribution in [0.25, 0.3) is 0 Å². The summed E-state index contributed by atoms with van der Waals surface area (Å²) in [7, 11) is 0. The highest BCUT2D eigenvalue weighted by atomic mass is 35.7. The van der Waals surface area contributed by atoms with Gasteiger partial charge in [0, 0.05) is 26.2 Å². The molecular formula is C13H22ClO5P. The zero-order valence-corrected chi connectivity index (χ0v) is 13.7. The highest BCUT2D eigenvalue weighted by Crippen LogP contribution is 2.41. The lowest BCUT2D eigenvalue weighted by molar-refractivity contribution is -0.142.